The Labute approximate surface area is 247 Å². The Bertz CT molecular complexity index is 1610. The molecule has 2 heterocycles. The summed E-state index contributed by atoms with van der Waals surface area (Å²) in [5.74, 6) is -4.22. The lowest BCUT2D eigenvalue weighted by Crippen LogP contribution is -2.44. The predicted octanol–water partition coefficient (Wildman–Crippen LogP) is 5.52. The zero-order valence-corrected chi connectivity index (χ0v) is 24.3. The molecule has 0 radical (unpaired) electrons. The van der Waals surface area contributed by atoms with E-state index in [0.717, 1.165) is 11.2 Å². The Hall–Kier alpha value is -3.74. The van der Waals surface area contributed by atoms with Gasteiger partial charge in [0.05, 0.1) is 18.8 Å². The molecule has 1 atom stereocenters. The van der Waals surface area contributed by atoms with E-state index >= 15 is 0 Å². The number of aliphatic hydroxyl groups is 1. The number of hydrogen-bond donors (Lipinski definition) is 2. The van der Waals surface area contributed by atoms with E-state index in [1.54, 1.807) is 13.0 Å². The molecule has 0 unspecified atom stereocenters. The van der Waals surface area contributed by atoms with Crippen LogP contribution in [0.15, 0.2) is 53.6 Å². The fourth-order valence-electron chi connectivity index (χ4n) is 4.45. The standard InChI is InChI=1S/C29H29ClF2N2O7S/c1-18-14-26(28(33-16-18)40-13-12-35)42(38,39)34-17-20(8-11-27(36)37)41-25-10-7-19(15-24(25)34)6-9-21-22(29(2,31)32)4-3-5-23(21)30/h3-7,9-10,14-16,20,35H,8,11-13,17H2,1-2H3,(H,36,37)/b9-6+/t20-/m0/s1. The molecule has 0 aliphatic carbocycles. The molecular formula is C29H29ClF2N2O7S. The van der Waals surface area contributed by atoms with Crippen LogP contribution in [0.25, 0.3) is 12.2 Å². The Morgan fingerprint density at radius 2 is 2.02 bits per heavy atom. The van der Waals surface area contributed by atoms with E-state index in [0.29, 0.717) is 11.1 Å². The number of alkyl halides is 2. The third kappa shape index (κ3) is 7.00. The van der Waals surface area contributed by atoms with E-state index in [1.807, 2.05) is 0 Å². The van der Waals surface area contributed by atoms with Crippen molar-refractivity contribution in [3.05, 3.63) is 75.9 Å². The van der Waals surface area contributed by atoms with Gasteiger partial charge in [-0.1, -0.05) is 42.0 Å². The molecule has 9 nitrogen and oxygen atoms in total. The molecule has 1 aromatic heterocycles. The second-order valence-electron chi connectivity index (χ2n) is 9.75. The van der Waals surface area contributed by atoms with Crippen molar-refractivity contribution in [3.63, 3.8) is 0 Å². The summed E-state index contributed by atoms with van der Waals surface area (Å²) in [4.78, 5) is 15.1. The third-order valence-corrected chi connectivity index (χ3v) is 8.52. The van der Waals surface area contributed by atoms with Gasteiger partial charge in [0.15, 0.2) is 0 Å². The Balaban J connectivity index is 1.80. The van der Waals surface area contributed by atoms with Gasteiger partial charge in [-0.05, 0) is 48.7 Å². The third-order valence-electron chi connectivity index (χ3n) is 6.42. The van der Waals surface area contributed by atoms with Crippen LogP contribution < -0.4 is 13.8 Å². The summed E-state index contributed by atoms with van der Waals surface area (Å²) in [5, 5.41) is 18.5. The van der Waals surface area contributed by atoms with Gasteiger partial charge in [-0.3, -0.25) is 9.10 Å². The monoisotopic (exact) mass is 622 g/mol. The van der Waals surface area contributed by atoms with Crippen molar-refractivity contribution in [2.45, 2.75) is 43.6 Å². The average molecular weight is 623 g/mol. The first kappa shape index (κ1) is 31.2. The Morgan fingerprint density at radius 1 is 1.26 bits per heavy atom. The van der Waals surface area contributed by atoms with Crippen molar-refractivity contribution < 1.29 is 41.7 Å². The minimum absolute atomic E-state index is 0.0445. The van der Waals surface area contributed by atoms with Gasteiger partial charge >= 0.3 is 5.97 Å². The lowest BCUT2D eigenvalue weighted by atomic mass is 10.0. The number of aromatic nitrogens is 1. The normalized spacial score (nSPS) is 15.4. The maximum atomic E-state index is 14.2. The summed E-state index contributed by atoms with van der Waals surface area (Å²) in [6.45, 7) is 1.68. The first-order valence-corrected chi connectivity index (χ1v) is 14.7. The number of ether oxygens (including phenoxy) is 2. The quantitative estimate of drug-likeness (QED) is 0.268. The predicted molar refractivity (Wildman–Crippen MR) is 154 cm³/mol. The van der Waals surface area contributed by atoms with Gasteiger partial charge in [-0.2, -0.15) is 0 Å². The average Bonchev–Trinajstić information content (AvgIpc) is 2.93. The van der Waals surface area contributed by atoms with Gasteiger partial charge in [-0.15, -0.1) is 0 Å². The van der Waals surface area contributed by atoms with E-state index in [1.165, 1.54) is 54.7 Å². The van der Waals surface area contributed by atoms with E-state index < -0.39 is 28.0 Å². The minimum Gasteiger partial charge on any atom is -0.486 e. The number of pyridine rings is 1. The molecule has 42 heavy (non-hydrogen) atoms. The molecule has 0 saturated heterocycles. The summed E-state index contributed by atoms with van der Waals surface area (Å²) in [6.07, 6.45) is 3.42. The number of carboxylic acids is 1. The fourth-order valence-corrected chi connectivity index (χ4v) is 6.35. The highest BCUT2D eigenvalue weighted by Crippen LogP contribution is 2.41. The van der Waals surface area contributed by atoms with E-state index in [-0.39, 0.29) is 71.0 Å². The highest BCUT2D eigenvalue weighted by Gasteiger charge is 2.37. The number of aliphatic carboxylic acids is 1. The topological polar surface area (TPSA) is 126 Å². The second kappa shape index (κ2) is 12.6. The highest BCUT2D eigenvalue weighted by molar-refractivity contribution is 7.93. The van der Waals surface area contributed by atoms with Crippen LogP contribution in [0.2, 0.25) is 5.02 Å². The number of nitrogens with zero attached hydrogens (tertiary/aromatic N) is 2. The first-order valence-electron chi connectivity index (χ1n) is 12.9. The highest BCUT2D eigenvalue weighted by atomic mass is 35.5. The van der Waals surface area contributed by atoms with Crippen LogP contribution >= 0.6 is 11.6 Å². The summed E-state index contributed by atoms with van der Waals surface area (Å²) < 4.78 is 69.2. The molecular weight excluding hydrogens is 594 g/mol. The number of fused-ring (bicyclic) bond motifs is 1. The molecule has 3 aromatic rings. The van der Waals surface area contributed by atoms with Gasteiger partial charge in [0.1, 0.15) is 23.4 Å². The number of benzene rings is 2. The van der Waals surface area contributed by atoms with Crippen molar-refractivity contribution in [3.8, 4) is 11.6 Å². The van der Waals surface area contributed by atoms with Crippen molar-refractivity contribution in [1.82, 2.24) is 4.98 Å². The number of aliphatic hydroxyl groups excluding tert-OH is 1. The van der Waals surface area contributed by atoms with Crippen LogP contribution in [-0.2, 0) is 20.7 Å². The largest absolute Gasteiger partial charge is 0.486 e. The number of halogens is 3. The fraction of sp³-hybridized carbons (Fsp3) is 0.310. The van der Waals surface area contributed by atoms with Gasteiger partial charge in [0.2, 0.25) is 5.88 Å². The molecule has 1 aliphatic rings. The number of carboxylic acid groups (broad SMARTS) is 1. The van der Waals surface area contributed by atoms with Crippen molar-refractivity contribution in [2.24, 2.45) is 0 Å². The van der Waals surface area contributed by atoms with Crippen LogP contribution in [-0.4, -0.2) is 55.4 Å². The van der Waals surface area contributed by atoms with Crippen molar-refractivity contribution >= 4 is 45.4 Å². The van der Waals surface area contributed by atoms with Gasteiger partial charge in [0.25, 0.3) is 15.9 Å². The van der Waals surface area contributed by atoms with Crippen LogP contribution in [0.5, 0.6) is 11.6 Å². The van der Waals surface area contributed by atoms with Crippen LogP contribution in [0.1, 0.15) is 42.0 Å². The van der Waals surface area contributed by atoms with Gasteiger partial charge in [-0.25, -0.2) is 22.2 Å². The van der Waals surface area contributed by atoms with E-state index in [2.05, 4.69) is 4.98 Å². The molecule has 1 aliphatic heterocycles. The number of aryl methyl sites for hydroxylation is 1. The second-order valence-corrected chi connectivity index (χ2v) is 12.0. The Kier molecular flexibility index (Phi) is 9.39. The number of rotatable bonds is 11. The molecule has 4 rings (SSSR count). The molecule has 224 valence electrons. The molecule has 13 heteroatoms. The number of anilines is 1. The van der Waals surface area contributed by atoms with E-state index in [4.69, 9.17) is 21.1 Å². The maximum Gasteiger partial charge on any atom is 0.303 e. The molecule has 0 saturated carbocycles. The zero-order valence-electron chi connectivity index (χ0n) is 22.8. The molecule has 0 bridgehead atoms. The lowest BCUT2D eigenvalue weighted by molar-refractivity contribution is -0.137. The molecule has 2 aromatic carbocycles. The van der Waals surface area contributed by atoms with Gasteiger partial charge in [0, 0.05) is 35.7 Å². The van der Waals surface area contributed by atoms with Gasteiger partial charge < -0.3 is 19.7 Å². The summed E-state index contributed by atoms with van der Waals surface area (Å²) in [6, 6.07) is 10.3. The summed E-state index contributed by atoms with van der Waals surface area (Å²) >= 11 is 6.23. The minimum atomic E-state index is -4.35. The van der Waals surface area contributed by atoms with Crippen LogP contribution in [0.4, 0.5) is 14.5 Å². The number of sulfonamides is 1. The molecule has 0 spiro atoms. The first-order chi connectivity index (χ1) is 19.8. The van der Waals surface area contributed by atoms with E-state index in [9.17, 15) is 32.2 Å². The number of carbonyl (C=O) groups is 1. The maximum absolute atomic E-state index is 14.2. The molecule has 0 amide bonds. The number of hydrogen-bond acceptors (Lipinski definition) is 7. The smallest absolute Gasteiger partial charge is 0.303 e. The Morgan fingerprint density at radius 3 is 2.71 bits per heavy atom. The lowest BCUT2D eigenvalue weighted by Gasteiger charge is -2.35. The molecule has 0 fully saturated rings. The summed E-state index contributed by atoms with van der Waals surface area (Å²) in [5.41, 5.74) is 1.01. The zero-order chi connectivity index (χ0) is 30.7. The van der Waals surface area contributed by atoms with Crippen molar-refractivity contribution in [1.29, 1.82) is 0 Å². The summed E-state index contributed by atoms with van der Waals surface area (Å²) in [7, 11) is -4.35. The molecule has 2 N–H and O–H groups in total. The van der Waals surface area contributed by atoms with Crippen molar-refractivity contribution in [2.75, 3.05) is 24.1 Å². The van der Waals surface area contributed by atoms with Crippen LogP contribution in [0, 0.1) is 6.92 Å². The SMILES string of the molecule is Cc1cnc(OCCO)c(S(=O)(=O)N2C[C@H](CCC(=O)O)Oc3ccc(/C=C/c4c(Cl)cccc4C(C)(F)F)cc32)c1. The van der Waals surface area contributed by atoms with Crippen LogP contribution in [0.3, 0.4) is 0 Å².